The van der Waals surface area contributed by atoms with Gasteiger partial charge in [0.15, 0.2) is 0 Å². The van der Waals surface area contributed by atoms with Crippen molar-refractivity contribution < 1.29 is 29.7 Å². The van der Waals surface area contributed by atoms with Gasteiger partial charge in [-0.2, -0.15) is 0 Å². The first-order valence-corrected chi connectivity index (χ1v) is 8.47. The standard InChI is InChI=1S/C15H28N4O6S/c1-8(21)12(15(24)25)5-11(26)3-9(4-13(17)22)14(23)18-19(2)6-10(16)7-20/h8-10,12,20-21H,3-7,16H2,1-2H3,(H2,17,22)(H,18,23)(H,24,25)/t8?,9-,10+,12-/m0/s1. The Morgan fingerprint density at radius 1 is 1.23 bits per heavy atom. The van der Waals surface area contributed by atoms with Crippen LogP contribution in [0.25, 0.3) is 0 Å². The number of nitrogens with one attached hydrogen (secondary N) is 1. The molecule has 0 aromatic carbocycles. The van der Waals surface area contributed by atoms with Crippen molar-refractivity contribution in [3.05, 3.63) is 0 Å². The fraction of sp³-hybridized carbons (Fsp3) is 0.733. The summed E-state index contributed by atoms with van der Waals surface area (Å²) >= 11 is 5.15. The first-order chi connectivity index (χ1) is 12.0. The highest BCUT2D eigenvalue weighted by atomic mass is 32.1. The highest BCUT2D eigenvalue weighted by Crippen LogP contribution is 2.18. The fourth-order valence-corrected chi connectivity index (χ4v) is 2.68. The average Bonchev–Trinajstić information content (AvgIpc) is 2.50. The number of hydrogen-bond acceptors (Lipinski definition) is 8. The second kappa shape index (κ2) is 11.9. The van der Waals surface area contributed by atoms with Gasteiger partial charge in [0, 0.05) is 26.1 Å². The van der Waals surface area contributed by atoms with E-state index in [2.05, 4.69) is 5.43 Å². The number of primary amides is 1. The van der Waals surface area contributed by atoms with Gasteiger partial charge in [-0.05, 0) is 24.6 Å². The second-order valence-corrected chi connectivity index (χ2v) is 6.88. The first kappa shape index (κ1) is 24.3. The van der Waals surface area contributed by atoms with Crippen LogP contribution in [0.4, 0.5) is 0 Å². The molecule has 0 saturated heterocycles. The van der Waals surface area contributed by atoms with Crippen molar-refractivity contribution in [1.29, 1.82) is 0 Å². The Kier molecular flexibility index (Phi) is 11.1. The molecule has 0 aromatic heterocycles. The molecule has 8 N–H and O–H groups in total. The SMILES string of the molecule is CC(O)[C@H](CC(=S)C[C@@H](CC(N)=O)C(=O)NN(C)C[C@@H](N)CO)C(=O)O. The van der Waals surface area contributed by atoms with Crippen LogP contribution in [0.3, 0.4) is 0 Å². The maximum absolute atomic E-state index is 12.4. The highest BCUT2D eigenvalue weighted by Gasteiger charge is 2.28. The maximum Gasteiger partial charge on any atom is 0.309 e. The number of nitrogens with two attached hydrogens (primary N) is 2. The number of thiocarbonyl (C=S) groups is 1. The van der Waals surface area contributed by atoms with Gasteiger partial charge in [-0.25, -0.2) is 5.01 Å². The van der Waals surface area contributed by atoms with Crippen LogP contribution in [0, 0.1) is 11.8 Å². The van der Waals surface area contributed by atoms with Gasteiger partial charge in [0.05, 0.1) is 24.5 Å². The van der Waals surface area contributed by atoms with E-state index >= 15 is 0 Å². The predicted molar refractivity (Wildman–Crippen MR) is 97.8 cm³/mol. The second-order valence-electron chi connectivity index (χ2n) is 6.30. The lowest BCUT2D eigenvalue weighted by atomic mass is 9.91. The molecule has 150 valence electrons. The summed E-state index contributed by atoms with van der Waals surface area (Å²) < 4.78 is 0. The average molecular weight is 392 g/mol. The number of aliphatic hydroxyl groups is 2. The van der Waals surface area contributed by atoms with Crippen LogP contribution in [0.2, 0.25) is 0 Å². The molecule has 0 radical (unpaired) electrons. The van der Waals surface area contributed by atoms with Crippen molar-refractivity contribution in [2.75, 3.05) is 20.2 Å². The first-order valence-electron chi connectivity index (χ1n) is 8.06. The molecule has 0 heterocycles. The van der Waals surface area contributed by atoms with E-state index in [4.69, 9.17) is 33.9 Å². The summed E-state index contributed by atoms with van der Waals surface area (Å²) in [7, 11) is 1.54. The molecular weight excluding hydrogens is 364 g/mol. The number of hydrazine groups is 1. The number of likely N-dealkylation sites (N-methyl/N-ethyl adjacent to an activating group) is 1. The largest absolute Gasteiger partial charge is 0.481 e. The quantitative estimate of drug-likeness (QED) is 0.152. The summed E-state index contributed by atoms with van der Waals surface area (Å²) in [5.74, 6) is -4.40. The number of carbonyl (C=O) groups is 3. The molecule has 0 aromatic rings. The number of hydrogen-bond donors (Lipinski definition) is 6. The lowest BCUT2D eigenvalue weighted by Crippen LogP contribution is -2.49. The van der Waals surface area contributed by atoms with Crippen LogP contribution < -0.4 is 16.9 Å². The van der Waals surface area contributed by atoms with Gasteiger partial charge in [0.2, 0.25) is 11.8 Å². The van der Waals surface area contributed by atoms with Crippen molar-refractivity contribution in [2.24, 2.45) is 23.3 Å². The zero-order valence-electron chi connectivity index (χ0n) is 14.9. The normalized spacial score (nSPS) is 15.8. The van der Waals surface area contributed by atoms with Crippen LogP contribution in [-0.2, 0) is 14.4 Å². The number of nitrogens with zero attached hydrogens (tertiary/aromatic N) is 1. The Hall–Kier alpha value is -1.66. The van der Waals surface area contributed by atoms with Gasteiger partial charge in [-0.1, -0.05) is 12.2 Å². The molecular formula is C15H28N4O6S. The van der Waals surface area contributed by atoms with Crippen molar-refractivity contribution in [1.82, 2.24) is 10.4 Å². The zero-order valence-corrected chi connectivity index (χ0v) is 15.7. The van der Waals surface area contributed by atoms with Gasteiger partial charge in [-0.15, -0.1) is 0 Å². The molecule has 0 spiro atoms. The minimum Gasteiger partial charge on any atom is -0.481 e. The number of carboxylic acid groups (broad SMARTS) is 1. The van der Waals surface area contributed by atoms with Crippen molar-refractivity contribution in [3.63, 3.8) is 0 Å². The third kappa shape index (κ3) is 9.73. The van der Waals surface area contributed by atoms with Crippen LogP contribution in [-0.4, -0.2) is 75.3 Å². The van der Waals surface area contributed by atoms with Crippen molar-refractivity contribution >= 4 is 34.9 Å². The molecule has 0 aliphatic carbocycles. The number of amides is 2. The summed E-state index contributed by atoms with van der Waals surface area (Å²) in [6, 6.07) is -0.557. The van der Waals surface area contributed by atoms with E-state index in [1.54, 1.807) is 7.05 Å². The third-order valence-electron chi connectivity index (χ3n) is 3.68. The van der Waals surface area contributed by atoms with Crippen molar-refractivity contribution in [3.8, 4) is 0 Å². The monoisotopic (exact) mass is 392 g/mol. The van der Waals surface area contributed by atoms with E-state index in [1.165, 1.54) is 11.9 Å². The van der Waals surface area contributed by atoms with Crippen LogP contribution in [0.15, 0.2) is 0 Å². The van der Waals surface area contributed by atoms with Gasteiger partial charge >= 0.3 is 5.97 Å². The molecule has 0 aliphatic heterocycles. The Bertz CT molecular complexity index is 516. The molecule has 0 saturated carbocycles. The number of aliphatic hydroxyl groups excluding tert-OH is 2. The zero-order chi connectivity index (χ0) is 20.4. The minimum atomic E-state index is -1.20. The predicted octanol–water partition coefficient (Wildman–Crippen LogP) is -2.01. The molecule has 0 aliphatic rings. The van der Waals surface area contributed by atoms with Gasteiger partial charge < -0.3 is 26.8 Å². The molecule has 26 heavy (non-hydrogen) atoms. The highest BCUT2D eigenvalue weighted by molar-refractivity contribution is 7.80. The Morgan fingerprint density at radius 2 is 1.81 bits per heavy atom. The van der Waals surface area contributed by atoms with Crippen LogP contribution >= 0.6 is 12.2 Å². The Morgan fingerprint density at radius 3 is 2.23 bits per heavy atom. The van der Waals surface area contributed by atoms with Gasteiger partial charge in [-0.3, -0.25) is 19.8 Å². The van der Waals surface area contributed by atoms with E-state index < -0.39 is 41.8 Å². The molecule has 0 rings (SSSR count). The molecule has 11 heteroatoms. The molecule has 2 amide bonds. The summed E-state index contributed by atoms with van der Waals surface area (Å²) in [5.41, 5.74) is 13.3. The van der Waals surface area contributed by atoms with E-state index in [1.807, 2.05) is 0 Å². The molecule has 0 fully saturated rings. The summed E-state index contributed by atoms with van der Waals surface area (Å²) in [5, 5.41) is 28.9. The molecule has 10 nitrogen and oxygen atoms in total. The van der Waals surface area contributed by atoms with Crippen molar-refractivity contribution in [2.45, 2.75) is 38.3 Å². The fourth-order valence-electron chi connectivity index (χ4n) is 2.30. The molecule has 1 unspecified atom stereocenters. The third-order valence-corrected chi connectivity index (χ3v) is 4.02. The number of carboxylic acids is 1. The van der Waals surface area contributed by atoms with E-state index in [0.717, 1.165) is 0 Å². The number of carbonyl (C=O) groups excluding carboxylic acids is 2. The van der Waals surface area contributed by atoms with Crippen LogP contribution in [0.1, 0.15) is 26.2 Å². The summed E-state index contributed by atoms with van der Waals surface area (Å²) in [6.45, 7) is 1.26. The Labute approximate surface area is 157 Å². The van der Waals surface area contributed by atoms with Gasteiger partial charge in [0.1, 0.15) is 0 Å². The molecule has 4 atom stereocenters. The Balaban J connectivity index is 4.92. The van der Waals surface area contributed by atoms with E-state index in [9.17, 15) is 19.5 Å². The maximum atomic E-state index is 12.4. The number of rotatable bonds is 13. The lowest BCUT2D eigenvalue weighted by molar-refractivity contribution is -0.144. The van der Waals surface area contributed by atoms with Crippen LogP contribution in [0.5, 0.6) is 0 Å². The van der Waals surface area contributed by atoms with Gasteiger partial charge in [0.25, 0.3) is 0 Å². The number of aliphatic carboxylic acids is 1. The summed E-state index contributed by atoms with van der Waals surface area (Å²) in [6.07, 6.45) is -1.51. The van der Waals surface area contributed by atoms with E-state index in [-0.39, 0.29) is 37.3 Å². The van der Waals surface area contributed by atoms with E-state index in [0.29, 0.717) is 0 Å². The summed E-state index contributed by atoms with van der Waals surface area (Å²) in [4.78, 5) is 35.0. The topological polar surface area (TPSA) is 179 Å². The lowest BCUT2D eigenvalue weighted by Gasteiger charge is -2.24. The molecule has 0 bridgehead atoms. The smallest absolute Gasteiger partial charge is 0.309 e. The minimum absolute atomic E-state index is 0.0273.